The van der Waals surface area contributed by atoms with Crippen LogP contribution in [-0.4, -0.2) is 47.2 Å². The maximum absolute atomic E-state index is 12.8. The first-order valence-electron chi connectivity index (χ1n) is 11.4. The number of ether oxygens (including phenoxy) is 1. The minimum atomic E-state index is -0.596. The van der Waals surface area contributed by atoms with Gasteiger partial charge in [0.05, 0.1) is 28.9 Å². The van der Waals surface area contributed by atoms with Crippen LogP contribution in [0.15, 0.2) is 75.9 Å². The third-order valence-corrected chi connectivity index (χ3v) is 6.56. The highest BCUT2D eigenvalue weighted by Gasteiger charge is 2.36. The van der Waals surface area contributed by atoms with Crippen LogP contribution >= 0.6 is 15.9 Å². The minimum absolute atomic E-state index is 0.00428. The van der Waals surface area contributed by atoms with Crippen molar-refractivity contribution in [3.63, 3.8) is 0 Å². The summed E-state index contributed by atoms with van der Waals surface area (Å²) in [6.45, 7) is 0.448. The van der Waals surface area contributed by atoms with Gasteiger partial charge in [0.25, 0.3) is 5.91 Å². The maximum atomic E-state index is 12.8. The third-order valence-electron chi connectivity index (χ3n) is 6.03. The molecule has 3 heterocycles. The van der Waals surface area contributed by atoms with Crippen molar-refractivity contribution < 1.29 is 18.7 Å². The van der Waals surface area contributed by atoms with E-state index in [1.807, 2.05) is 54.7 Å². The van der Waals surface area contributed by atoms with Gasteiger partial charge in [0.15, 0.2) is 12.0 Å². The fourth-order valence-electron chi connectivity index (χ4n) is 4.25. The Hall–Kier alpha value is -3.89. The Bertz CT molecular complexity index is 1370. The van der Waals surface area contributed by atoms with Gasteiger partial charge in [-0.25, -0.2) is 4.68 Å². The van der Waals surface area contributed by atoms with Crippen LogP contribution in [0.2, 0.25) is 0 Å². The van der Waals surface area contributed by atoms with Crippen LogP contribution in [0.1, 0.15) is 17.4 Å². The molecule has 2 N–H and O–H groups in total. The number of aromatic nitrogens is 2. The van der Waals surface area contributed by atoms with Crippen molar-refractivity contribution in [2.75, 3.05) is 30.8 Å². The van der Waals surface area contributed by atoms with Crippen molar-refractivity contribution in [1.29, 1.82) is 0 Å². The number of anilines is 2. The van der Waals surface area contributed by atoms with Gasteiger partial charge in [-0.3, -0.25) is 9.59 Å². The van der Waals surface area contributed by atoms with Gasteiger partial charge in [0.2, 0.25) is 6.41 Å². The number of amides is 2. The first kappa shape index (κ1) is 23.8. The number of furan rings is 1. The Balaban J connectivity index is 1.43. The Morgan fingerprint density at radius 3 is 2.72 bits per heavy atom. The summed E-state index contributed by atoms with van der Waals surface area (Å²) in [6.07, 6.45) is 4.14. The van der Waals surface area contributed by atoms with Gasteiger partial charge in [0, 0.05) is 24.3 Å². The van der Waals surface area contributed by atoms with Gasteiger partial charge < -0.3 is 24.7 Å². The van der Waals surface area contributed by atoms with E-state index in [0.29, 0.717) is 36.5 Å². The molecule has 1 atom stereocenters. The molecule has 2 amide bonds. The van der Waals surface area contributed by atoms with E-state index in [1.165, 1.54) is 0 Å². The smallest absolute Gasteiger partial charge is 0.250 e. The van der Waals surface area contributed by atoms with E-state index >= 15 is 0 Å². The zero-order chi connectivity index (χ0) is 25.1. The Morgan fingerprint density at radius 1 is 1.17 bits per heavy atom. The molecule has 10 heteroatoms. The predicted octanol–water partition coefficient (Wildman–Crippen LogP) is 4.60. The van der Waals surface area contributed by atoms with Gasteiger partial charge in [-0.05, 0) is 60.5 Å². The second-order valence-electron chi connectivity index (χ2n) is 8.22. The third kappa shape index (κ3) is 4.77. The summed E-state index contributed by atoms with van der Waals surface area (Å²) in [6, 6.07) is 17.2. The first-order valence-corrected chi connectivity index (χ1v) is 12.2. The SMILES string of the molecule is CNc1cc(CCN2C(=O)COC2c2cn(-c3ccc(Br)cc3)nc2-c2ccco2)ccc1NC=O. The van der Waals surface area contributed by atoms with E-state index in [0.717, 1.165) is 27.0 Å². The molecule has 184 valence electrons. The van der Waals surface area contributed by atoms with Crippen LogP contribution in [0.25, 0.3) is 17.1 Å². The van der Waals surface area contributed by atoms with Crippen LogP contribution in [0.3, 0.4) is 0 Å². The monoisotopic (exact) mass is 549 g/mol. The van der Waals surface area contributed by atoms with Crippen LogP contribution in [0.5, 0.6) is 0 Å². The lowest BCUT2D eigenvalue weighted by Gasteiger charge is -2.23. The van der Waals surface area contributed by atoms with Gasteiger partial charge in [-0.15, -0.1) is 0 Å². The fraction of sp³-hybridized carbons (Fsp3) is 0.192. The standard InChI is InChI=1S/C26H24BrN5O4/c1-28-22-13-17(4-9-21(22)29-16-33)10-11-31-24(34)15-36-26(31)20-14-32(19-7-5-18(27)6-8-19)30-25(20)23-3-2-12-35-23/h2-9,12-14,16,26,28H,10-11,15H2,1H3,(H,29,33). The van der Waals surface area contributed by atoms with E-state index in [4.69, 9.17) is 14.3 Å². The van der Waals surface area contributed by atoms with E-state index in [2.05, 4.69) is 26.6 Å². The predicted molar refractivity (Wildman–Crippen MR) is 139 cm³/mol. The Labute approximate surface area is 216 Å². The number of rotatable bonds is 9. The highest BCUT2D eigenvalue weighted by molar-refractivity contribution is 9.10. The van der Waals surface area contributed by atoms with Crippen LogP contribution in [0.4, 0.5) is 11.4 Å². The lowest BCUT2D eigenvalue weighted by atomic mass is 10.1. The van der Waals surface area contributed by atoms with Gasteiger partial charge >= 0.3 is 0 Å². The number of hydrogen-bond donors (Lipinski definition) is 2. The number of hydrogen-bond acceptors (Lipinski definition) is 6. The maximum Gasteiger partial charge on any atom is 0.250 e. The van der Waals surface area contributed by atoms with E-state index < -0.39 is 6.23 Å². The molecule has 9 nitrogen and oxygen atoms in total. The van der Waals surface area contributed by atoms with Crippen molar-refractivity contribution in [3.8, 4) is 17.1 Å². The fourth-order valence-corrected chi connectivity index (χ4v) is 4.51. The molecule has 2 aromatic carbocycles. The van der Waals surface area contributed by atoms with Crippen molar-refractivity contribution in [2.45, 2.75) is 12.6 Å². The normalized spacial score (nSPS) is 15.3. The molecule has 1 aliphatic rings. The van der Waals surface area contributed by atoms with Crippen LogP contribution < -0.4 is 10.6 Å². The molecule has 36 heavy (non-hydrogen) atoms. The number of carbonyl (C=O) groups excluding carboxylic acids is 2. The summed E-state index contributed by atoms with van der Waals surface area (Å²) in [5, 5.41) is 10.5. The number of benzene rings is 2. The van der Waals surface area contributed by atoms with Crippen LogP contribution in [0, 0.1) is 0 Å². The van der Waals surface area contributed by atoms with Gasteiger partial charge in [-0.2, -0.15) is 5.10 Å². The van der Waals surface area contributed by atoms with E-state index in [9.17, 15) is 9.59 Å². The van der Waals surface area contributed by atoms with Crippen molar-refractivity contribution >= 4 is 39.6 Å². The summed E-state index contributed by atoms with van der Waals surface area (Å²) in [5.41, 5.74) is 4.76. The second kappa shape index (κ2) is 10.4. The molecular formula is C26H24BrN5O4. The molecule has 4 aromatic rings. The molecule has 0 bridgehead atoms. The number of nitrogens with one attached hydrogen (secondary N) is 2. The molecular weight excluding hydrogens is 526 g/mol. The summed E-state index contributed by atoms with van der Waals surface area (Å²) in [4.78, 5) is 25.4. The Kier molecular flexibility index (Phi) is 6.88. The first-order chi connectivity index (χ1) is 17.6. The highest BCUT2D eigenvalue weighted by atomic mass is 79.9. The number of halogens is 1. The zero-order valence-electron chi connectivity index (χ0n) is 19.5. The van der Waals surface area contributed by atoms with Gasteiger partial charge in [-0.1, -0.05) is 22.0 Å². The largest absolute Gasteiger partial charge is 0.463 e. The molecule has 1 aliphatic heterocycles. The molecule has 0 saturated carbocycles. The molecule has 0 radical (unpaired) electrons. The minimum Gasteiger partial charge on any atom is -0.463 e. The molecule has 1 unspecified atom stereocenters. The van der Waals surface area contributed by atoms with Crippen molar-refractivity contribution in [3.05, 3.63) is 82.7 Å². The highest BCUT2D eigenvalue weighted by Crippen LogP contribution is 2.36. The molecule has 5 rings (SSSR count). The van der Waals surface area contributed by atoms with Gasteiger partial charge in [0.1, 0.15) is 12.3 Å². The lowest BCUT2D eigenvalue weighted by molar-refractivity contribution is -0.128. The van der Waals surface area contributed by atoms with E-state index in [1.54, 1.807) is 29.0 Å². The lowest BCUT2D eigenvalue weighted by Crippen LogP contribution is -2.30. The van der Waals surface area contributed by atoms with Crippen LogP contribution in [-0.2, 0) is 20.7 Å². The van der Waals surface area contributed by atoms with Crippen molar-refractivity contribution in [2.24, 2.45) is 0 Å². The average Bonchev–Trinajstić information content (AvgIpc) is 3.64. The molecule has 0 aliphatic carbocycles. The summed E-state index contributed by atoms with van der Waals surface area (Å²) in [5.74, 6) is 0.510. The zero-order valence-corrected chi connectivity index (χ0v) is 21.1. The summed E-state index contributed by atoms with van der Waals surface area (Å²) in [7, 11) is 1.79. The summed E-state index contributed by atoms with van der Waals surface area (Å²) < 4.78 is 14.4. The number of carbonyl (C=O) groups is 2. The average molecular weight is 550 g/mol. The Morgan fingerprint density at radius 2 is 2.00 bits per heavy atom. The quantitative estimate of drug-likeness (QED) is 0.296. The molecule has 0 spiro atoms. The molecule has 2 aromatic heterocycles. The topological polar surface area (TPSA) is 102 Å². The summed E-state index contributed by atoms with van der Waals surface area (Å²) >= 11 is 3.46. The van der Waals surface area contributed by atoms with Crippen molar-refractivity contribution in [1.82, 2.24) is 14.7 Å². The number of nitrogens with zero attached hydrogens (tertiary/aromatic N) is 3. The molecule has 1 saturated heterocycles. The van der Waals surface area contributed by atoms with E-state index in [-0.39, 0.29) is 12.5 Å². The second-order valence-corrected chi connectivity index (χ2v) is 9.14. The molecule has 1 fully saturated rings.